The van der Waals surface area contributed by atoms with Crippen LogP contribution in [0.1, 0.15) is 23.8 Å². The van der Waals surface area contributed by atoms with E-state index in [1.807, 2.05) is 12.1 Å². The Morgan fingerprint density at radius 3 is 2.86 bits per heavy atom. The predicted molar refractivity (Wildman–Crippen MR) is 59.8 cm³/mol. The van der Waals surface area contributed by atoms with Crippen molar-refractivity contribution in [1.29, 1.82) is 0 Å². The Morgan fingerprint density at radius 1 is 1.57 bits per heavy atom. The van der Waals surface area contributed by atoms with Gasteiger partial charge in [-0.1, -0.05) is 11.6 Å². The van der Waals surface area contributed by atoms with Crippen molar-refractivity contribution in [3.63, 3.8) is 0 Å². The Kier molecular flexibility index (Phi) is 3.44. The van der Waals surface area contributed by atoms with E-state index in [0.29, 0.717) is 6.54 Å². The van der Waals surface area contributed by atoms with E-state index in [1.54, 1.807) is 11.3 Å². The fraction of sp³-hybridized carbons (Fsp3) is 0.600. The van der Waals surface area contributed by atoms with E-state index in [0.717, 1.165) is 21.7 Å². The molecule has 1 fully saturated rings. The van der Waals surface area contributed by atoms with Crippen molar-refractivity contribution < 1.29 is 4.74 Å². The summed E-state index contributed by atoms with van der Waals surface area (Å²) >= 11 is 7.41. The number of nitrogens with two attached hydrogens (primary N) is 1. The zero-order valence-corrected chi connectivity index (χ0v) is 9.48. The molecule has 2 rings (SSSR count). The third-order valence-electron chi connectivity index (χ3n) is 2.36. The molecule has 0 spiro atoms. The number of hydrogen-bond acceptors (Lipinski definition) is 3. The molecular formula is C10H14ClNOS. The van der Waals surface area contributed by atoms with Gasteiger partial charge in [0.05, 0.1) is 10.9 Å². The fourth-order valence-corrected chi connectivity index (χ4v) is 2.43. The molecule has 1 aliphatic rings. The Morgan fingerprint density at radius 2 is 2.36 bits per heavy atom. The lowest BCUT2D eigenvalue weighted by Crippen LogP contribution is -2.15. The second-order valence-corrected chi connectivity index (χ2v) is 5.39. The maximum absolute atomic E-state index is 5.86. The zero-order valence-electron chi connectivity index (χ0n) is 7.91. The molecule has 1 aromatic heterocycles. The molecule has 1 saturated carbocycles. The highest BCUT2D eigenvalue weighted by molar-refractivity contribution is 7.16. The summed E-state index contributed by atoms with van der Waals surface area (Å²) in [7, 11) is 0. The van der Waals surface area contributed by atoms with Crippen molar-refractivity contribution in [2.24, 2.45) is 11.7 Å². The number of thiophene rings is 1. The Hall–Kier alpha value is -0.0900. The van der Waals surface area contributed by atoms with Crippen molar-refractivity contribution >= 4 is 22.9 Å². The van der Waals surface area contributed by atoms with Gasteiger partial charge >= 0.3 is 0 Å². The topological polar surface area (TPSA) is 35.2 Å². The summed E-state index contributed by atoms with van der Waals surface area (Å²) < 4.78 is 6.54. The highest BCUT2D eigenvalue weighted by Gasteiger charge is 2.23. The summed E-state index contributed by atoms with van der Waals surface area (Å²) in [5, 5.41) is 0. The highest BCUT2D eigenvalue weighted by atomic mass is 35.5. The summed E-state index contributed by atoms with van der Waals surface area (Å²) in [6.07, 6.45) is 2.65. The third kappa shape index (κ3) is 2.70. The minimum atomic E-state index is 0.0353. The molecule has 0 bridgehead atoms. The minimum absolute atomic E-state index is 0.0353. The largest absolute Gasteiger partial charge is 0.371 e. The molecule has 14 heavy (non-hydrogen) atoms. The molecule has 0 saturated heterocycles. The SMILES string of the molecule is NCC(OCC1CC1)c1ccc(Cl)s1. The summed E-state index contributed by atoms with van der Waals surface area (Å²) in [5.41, 5.74) is 5.66. The monoisotopic (exact) mass is 231 g/mol. The van der Waals surface area contributed by atoms with Crippen molar-refractivity contribution in [3.05, 3.63) is 21.3 Å². The maximum atomic E-state index is 5.86. The number of ether oxygens (including phenoxy) is 1. The Balaban J connectivity index is 1.90. The first-order valence-corrected chi connectivity index (χ1v) is 6.06. The smallest absolute Gasteiger partial charge is 0.104 e. The van der Waals surface area contributed by atoms with Gasteiger partial charge in [0.1, 0.15) is 6.10 Å². The first kappa shape index (κ1) is 10.4. The molecule has 0 aromatic carbocycles. The second kappa shape index (κ2) is 4.62. The normalized spacial score (nSPS) is 18.4. The lowest BCUT2D eigenvalue weighted by atomic mass is 10.3. The minimum Gasteiger partial charge on any atom is -0.371 e. The van der Waals surface area contributed by atoms with Crippen LogP contribution in [0.4, 0.5) is 0 Å². The second-order valence-electron chi connectivity index (χ2n) is 3.64. The van der Waals surface area contributed by atoms with Crippen LogP contribution in [0, 0.1) is 5.92 Å². The van der Waals surface area contributed by atoms with Gasteiger partial charge in [0.15, 0.2) is 0 Å². The van der Waals surface area contributed by atoms with Gasteiger partial charge in [0.2, 0.25) is 0 Å². The molecule has 0 radical (unpaired) electrons. The quantitative estimate of drug-likeness (QED) is 0.846. The molecule has 0 amide bonds. The van der Waals surface area contributed by atoms with Crippen LogP contribution in [0.15, 0.2) is 12.1 Å². The molecule has 1 atom stereocenters. The van der Waals surface area contributed by atoms with Crippen molar-refractivity contribution in [2.45, 2.75) is 18.9 Å². The van der Waals surface area contributed by atoms with Gasteiger partial charge in [-0.3, -0.25) is 0 Å². The molecule has 1 unspecified atom stereocenters. The standard InChI is InChI=1S/C10H14ClNOS/c11-10-4-3-9(14-10)8(5-12)13-6-7-1-2-7/h3-4,7-8H,1-2,5-6,12H2. The number of hydrogen-bond donors (Lipinski definition) is 1. The maximum Gasteiger partial charge on any atom is 0.104 e. The van der Waals surface area contributed by atoms with Crippen molar-refractivity contribution in [3.8, 4) is 0 Å². The molecule has 78 valence electrons. The molecule has 2 N–H and O–H groups in total. The summed E-state index contributed by atoms with van der Waals surface area (Å²) in [6.45, 7) is 1.38. The average molecular weight is 232 g/mol. The first-order valence-electron chi connectivity index (χ1n) is 4.86. The summed E-state index contributed by atoms with van der Waals surface area (Å²) in [4.78, 5) is 1.14. The first-order chi connectivity index (χ1) is 6.79. The van der Waals surface area contributed by atoms with Crippen LogP contribution in [-0.4, -0.2) is 13.2 Å². The van der Waals surface area contributed by atoms with Gasteiger partial charge in [-0.25, -0.2) is 0 Å². The van der Waals surface area contributed by atoms with E-state index in [1.165, 1.54) is 12.8 Å². The average Bonchev–Trinajstić information content (AvgIpc) is 2.90. The lowest BCUT2D eigenvalue weighted by molar-refractivity contribution is 0.0534. The van der Waals surface area contributed by atoms with Crippen LogP contribution in [0.3, 0.4) is 0 Å². The van der Waals surface area contributed by atoms with Crippen LogP contribution in [-0.2, 0) is 4.74 Å². The third-order valence-corrected chi connectivity index (χ3v) is 3.68. The molecule has 1 aromatic rings. The molecule has 2 nitrogen and oxygen atoms in total. The van der Waals surface area contributed by atoms with Crippen LogP contribution in [0.2, 0.25) is 4.34 Å². The van der Waals surface area contributed by atoms with Crippen molar-refractivity contribution in [1.82, 2.24) is 0 Å². The van der Waals surface area contributed by atoms with Crippen LogP contribution < -0.4 is 5.73 Å². The summed E-state index contributed by atoms with van der Waals surface area (Å²) in [5.74, 6) is 0.777. The molecule has 4 heteroatoms. The van der Waals surface area contributed by atoms with Crippen LogP contribution in [0.5, 0.6) is 0 Å². The van der Waals surface area contributed by atoms with Gasteiger partial charge in [0, 0.05) is 11.4 Å². The molecule has 1 heterocycles. The van der Waals surface area contributed by atoms with E-state index in [-0.39, 0.29) is 6.10 Å². The van der Waals surface area contributed by atoms with E-state index in [4.69, 9.17) is 22.1 Å². The van der Waals surface area contributed by atoms with E-state index >= 15 is 0 Å². The van der Waals surface area contributed by atoms with Gasteiger partial charge in [-0.05, 0) is 30.9 Å². The van der Waals surface area contributed by atoms with Crippen LogP contribution in [0.25, 0.3) is 0 Å². The fourth-order valence-electron chi connectivity index (χ4n) is 1.30. The Bertz CT molecular complexity index is 298. The Labute approximate surface area is 93.0 Å². The predicted octanol–water partition coefficient (Wildman–Crippen LogP) is 2.83. The molecular weight excluding hydrogens is 218 g/mol. The van der Waals surface area contributed by atoms with Gasteiger partial charge in [-0.2, -0.15) is 0 Å². The van der Waals surface area contributed by atoms with E-state index in [2.05, 4.69) is 0 Å². The number of halogens is 1. The van der Waals surface area contributed by atoms with Crippen molar-refractivity contribution in [2.75, 3.05) is 13.2 Å². The zero-order chi connectivity index (χ0) is 9.97. The van der Waals surface area contributed by atoms with Crippen LogP contribution >= 0.6 is 22.9 Å². The summed E-state index contributed by atoms with van der Waals surface area (Å²) in [6, 6.07) is 3.89. The number of rotatable bonds is 5. The lowest BCUT2D eigenvalue weighted by Gasteiger charge is -2.13. The molecule has 1 aliphatic carbocycles. The van der Waals surface area contributed by atoms with Gasteiger partial charge < -0.3 is 10.5 Å². The van der Waals surface area contributed by atoms with E-state index in [9.17, 15) is 0 Å². The highest BCUT2D eigenvalue weighted by Crippen LogP contribution is 2.33. The van der Waals surface area contributed by atoms with Gasteiger partial charge in [0.25, 0.3) is 0 Å². The van der Waals surface area contributed by atoms with Gasteiger partial charge in [-0.15, -0.1) is 11.3 Å². The van der Waals surface area contributed by atoms with E-state index < -0.39 is 0 Å². The molecule has 0 aliphatic heterocycles.